The average Bonchev–Trinajstić information content (AvgIpc) is 3.14. The van der Waals surface area contributed by atoms with Crippen LogP contribution in [0.15, 0.2) is 77.4 Å². The van der Waals surface area contributed by atoms with Crippen molar-refractivity contribution in [2.75, 3.05) is 0 Å². The maximum absolute atomic E-state index is 12.4. The van der Waals surface area contributed by atoms with Gasteiger partial charge in [-0.05, 0) is 53.8 Å². The maximum Gasteiger partial charge on any atom is 0.363 e. The second kappa shape index (κ2) is 9.31. The number of carbonyl (C=O) groups excluding carboxylic acids is 1. The SMILES string of the molecule is Cc1c(C2=N/C(=C\c3ccccc3OCc3ccccc3I)C(=O)O2)cccc1[N+](=O)[O-]. The summed E-state index contributed by atoms with van der Waals surface area (Å²) in [4.78, 5) is 27.5. The van der Waals surface area contributed by atoms with Gasteiger partial charge in [0.15, 0.2) is 5.70 Å². The van der Waals surface area contributed by atoms with E-state index < -0.39 is 10.9 Å². The number of halogens is 1. The van der Waals surface area contributed by atoms with Crippen LogP contribution in [0, 0.1) is 20.6 Å². The Kier molecular flexibility index (Phi) is 6.31. The fourth-order valence-electron chi connectivity index (χ4n) is 3.23. The van der Waals surface area contributed by atoms with Gasteiger partial charge >= 0.3 is 5.97 Å². The molecule has 0 radical (unpaired) electrons. The van der Waals surface area contributed by atoms with Crippen molar-refractivity contribution in [1.29, 1.82) is 0 Å². The van der Waals surface area contributed by atoms with Crippen LogP contribution in [0.25, 0.3) is 6.08 Å². The lowest BCUT2D eigenvalue weighted by Gasteiger charge is -2.10. The highest BCUT2D eigenvalue weighted by Gasteiger charge is 2.27. The Morgan fingerprint density at radius 3 is 2.62 bits per heavy atom. The van der Waals surface area contributed by atoms with E-state index in [1.807, 2.05) is 48.5 Å². The summed E-state index contributed by atoms with van der Waals surface area (Å²) in [5.74, 6) is 0.0145. The number of para-hydroxylation sites is 1. The number of rotatable bonds is 6. The summed E-state index contributed by atoms with van der Waals surface area (Å²) in [5.41, 5.74) is 2.54. The third-order valence-electron chi connectivity index (χ3n) is 4.91. The van der Waals surface area contributed by atoms with Crippen LogP contribution in [0.5, 0.6) is 5.75 Å². The van der Waals surface area contributed by atoms with E-state index in [4.69, 9.17) is 9.47 Å². The number of carbonyl (C=O) groups is 1. The van der Waals surface area contributed by atoms with Gasteiger partial charge in [-0.25, -0.2) is 9.79 Å². The first kappa shape index (κ1) is 21.7. The van der Waals surface area contributed by atoms with E-state index in [1.165, 1.54) is 12.1 Å². The Bertz CT molecular complexity index is 1280. The Morgan fingerprint density at radius 2 is 1.84 bits per heavy atom. The van der Waals surface area contributed by atoms with Crippen molar-refractivity contribution in [3.63, 3.8) is 0 Å². The number of nitro groups is 1. The third kappa shape index (κ3) is 4.54. The first-order valence-electron chi connectivity index (χ1n) is 9.66. The van der Waals surface area contributed by atoms with E-state index in [-0.39, 0.29) is 17.3 Å². The van der Waals surface area contributed by atoms with E-state index in [0.29, 0.717) is 29.0 Å². The summed E-state index contributed by atoms with van der Waals surface area (Å²) in [6, 6.07) is 19.8. The van der Waals surface area contributed by atoms with Crippen LogP contribution in [0.1, 0.15) is 22.3 Å². The molecule has 0 aliphatic carbocycles. The van der Waals surface area contributed by atoms with E-state index >= 15 is 0 Å². The molecule has 4 rings (SSSR count). The van der Waals surface area contributed by atoms with E-state index in [2.05, 4.69) is 27.6 Å². The zero-order chi connectivity index (χ0) is 22.7. The number of benzene rings is 3. The fourth-order valence-corrected chi connectivity index (χ4v) is 3.77. The first-order valence-corrected chi connectivity index (χ1v) is 10.7. The summed E-state index contributed by atoms with van der Waals surface area (Å²) in [6.07, 6.45) is 1.59. The molecule has 1 heterocycles. The average molecular weight is 540 g/mol. The minimum absolute atomic E-state index is 0.0414. The molecule has 32 heavy (non-hydrogen) atoms. The lowest BCUT2D eigenvalue weighted by molar-refractivity contribution is -0.385. The lowest BCUT2D eigenvalue weighted by atomic mass is 10.1. The molecule has 3 aromatic carbocycles. The molecule has 0 saturated heterocycles. The van der Waals surface area contributed by atoms with Crippen LogP contribution in [0.2, 0.25) is 0 Å². The second-order valence-electron chi connectivity index (χ2n) is 6.96. The molecule has 8 heteroatoms. The largest absolute Gasteiger partial charge is 0.488 e. The van der Waals surface area contributed by atoms with Crippen LogP contribution < -0.4 is 4.74 Å². The number of hydrogen-bond donors (Lipinski definition) is 0. The molecule has 0 bridgehead atoms. The molecule has 1 aliphatic heterocycles. The Labute approximate surface area is 197 Å². The van der Waals surface area contributed by atoms with Crippen LogP contribution in [0.3, 0.4) is 0 Å². The Balaban J connectivity index is 1.63. The second-order valence-corrected chi connectivity index (χ2v) is 8.12. The van der Waals surface area contributed by atoms with E-state index in [0.717, 1.165) is 9.13 Å². The van der Waals surface area contributed by atoms with Crippen molar-refractivity contribution in [2.24, 2.45) is 4.99 Å². The van der Waals surface area contributed by atoms with Gasteiger partial charge in [0.1, 0.15) is 12.4 Å². The zero-order valence-corrected chi connectivity index (χ0v) is 19.1. The molecule has 7 nitrogen and oxygen atoms in total. The van der Waals surface area contributed by atoms with Crippen LogP contribution >= 0.6 is 22.6 Å². The highest BCUT2D eigenvalue weighted by Crippen LogP contribution is 2.28. The molecule has 160 valence electrons. The number of ether oxygens (including phenoxy) is 2. The number of hydrogen-bond acceptors (Lipinski definition) is 6. The molecular weight excluding hydrogens is 523 g/mol. The number of nitrogens with zero attached hydrogens (tertiary/aromatic N) is 2. The molecule has 0 spiro atoms. The van der Waals surface area contributed by atoms with Gasteiger partial charge in [0.2, 0.25) is 5.90 Å². The van der Waals surface area contributed by atoms with Gasteiger partial charge in [0.05, 0.1) is 4.92 Å². The minimum Gasteiger partial charge on any atom is -0.488 e. The summed E-state index contributed by atoms with van der Waals surface area (Å²) < 4.78 is 12.4. The molecule has 3 aromatic rings. The van der Waals surface area contributed by atoms with Gasteiger partial charge in [-0.1, -0.05) is 42.5 Å². The number of cyclic esters (lactones) is 1. The smallest absolute Gasteiger partial charge is 0.363 e. The van der Waals surface area contributed by atoms with Gasteiger partial charge < -0.3 is 9.47 Å². The summed E-state index contributed by atoms with van der Waals surface area (Å²) in [7, 11) is 0. The number of nitro benzene ring substituents is 1. The first-order chi connectivity index (χ1) is 15.4. The van der Waals surface area contributed by atoms with Gasteiger partial charge in [-0.2, -0.15) is 0 Å². The predicted octanol–water partition coefficient (Wildman–Crippen LogP) is 5.43. The molecule has 0 amide bonds. The number of aliphatic imine (C=N–C) groups is 1. The van der Waals surface area contributed by atoms with E-state index in [9.17, 15) is 14.9 Å². The molecular formula is C24H17IN2O5. The van der Waals surface area contributed by atoms with Gasteiger partial charge in [-0.15, -0.1) is 0 Å². The van der Waals surface area contributed by atoms with Gasteiger partial charge in [0.25, 0.3) is 5.69 Å². The van der Waals surface area contributed by atoms with Crippen LogP contribution in [-0.2, 0) is 16.1 Å². The predicted molar refractivity (Wildman–Crippen MR) is 128 cm³/mol. The Hall–Kier alpha value is -3.53. The van der Waals surface area contributed by atoms with Crippen molar-refractivity contribution >= 4 is 46.2 Å². The third-order valence-corrected chi connectivity index (χ3v) is 5.96. The summed E-state index contributed by atoms with van der Waals surface area (Å²) in [6.45, 7) is 1.98. The van der Waals surface area contributed by atoms with Crippen molar-refractivity contribution in [2.45, 2.75) is 13.5 Å². The molecule has 0 saturated carbocycles. The molecule has 0 fully saturated rings. The molecule has 0 aromatic heterocycles. The molecule has 0 N–H and O–H groups in total. The van der Waals surface area contributed by atoms with Crippen molar-refractivity contribution in [3.05, 3.63) is 108 Å². The summed E-state index contributed by atoms with van der Waals surface area (Å²) >= 11 is 2.26. The monoisotopic (exact) mass is 540 g/mol. The summed E-state index contributed by atoms with van der Waals surface area (Å²) in [5, 5.41) is 11.2. The van der Waals surface area contributed by atoms with Crippen LogP contribution in [0.4, 0.5) is 5.69 Å². The fraction of sp³-hybridized carbons (Fsp3) is 0.0833. The normalized spacial score (nSPS) is 14.2. The van der Waals surface area contributed by atoms with Crippen molar-refractivity contribution < 1.29 is 19.2 Å². The number of esters is 1. The Morgan fingerprint density at radius 1 is 1.09 bits per heavy atom. The highest BCUT2D eigenvalue weighted by atomic mass is 127. The van der Waals surface area contributed by atoms with Gasteiger partial charge in [0, 0.05) is 31.9 Å². The molecule has 0 atom stereocenters. The topological polar surface area (TPSA) is 91.0 Å². The molecule has 0 unspecified atom stereocenters. The standard InChI is InChI=1S/C24H17IN2O5/c1-15-18(9-6-11-21(15)27(29)30)23-26-20(24(28)32-23)13-16-7-3-5-12-22(16)31-14-17-8-2-4-10-19(17)25/h2-13H,14H2,1H3/b20-13-. The van der Waals surface area contributed by atoms with Crippen molar-refractivity contribution in [1.82, 2.24) is 0 Å². The quantitative estimate of drug-likeness (QED) is 0.137. The van der Waals surface area contributed by atoms with Crippen molar-refractivity contribution in [3.8, 4) is 5.75 Å². The highest BCUT2D eigenvalue weighted by molar-refractivity contribution is 14.1. The van der Waals surface area contributed by atoms with E-state index in [1.54, 1.807) is 19.1 Å². The van der Waals surface area contributed by atoms with Crippen LogP contribution in [-0.4, -0.2) is 16.8 Å². The maximum atomic E-state index is 12.4. The minimum atomic E-state index is -0.627. The zero-order valence-electron chi connectivity index (χ0n) is 16.9. The van der Waals surface area contributed by atoms with Gasteiger partial charge in [-0.3, -0.25) is 10.1 Å². The molecule has 1 aliphatic rings. The lowest BCUT2D eigenvalue weighted by Crippen LogP contribution is -2.08.